The standard InChI is InChI=1S/C17H20BrNO3/c1-11(2)21-14-8-12(9-15-13(14)10-16(18)22-15)17(20)19-6-4-3-5-7-19/h8-11H,3-7H2,1-2H3. The van der Waals surface area contributed by atoms with Crippen LogP contribution in [0.4, 0.5) is 0 Å². The van der Waals surface area contributed by atoms with Crippen LogP contribution in [0.1, 0.15) is 43.5 Å². The van der Waals surface area contributed by atoms with Gasteiger partial charge in [-0.1, -0.05) is 0 Å². The number of likely N-dealkylation sites (tertiary alicyclic amines) is 1. The Morgan fingerprint density at radius 3 is 2.64 bits per heavy atom. The van der Waals surface area contributed by atoms with Gasteiger partial charge >= 0.3 is 0 Å². The Labute approximate surface area is 138 Å². The van der Waals surface area contributed by atoms with Crippen LogP contribution in [0.15, 0.2) is 27.3 Å². The Morgan fingerprint density at radius 1 is 1.23 bits per heavy atom. The number of carbonyl (C=O) groups is 1. The molecule has 22 heavy (non-hydrogen) atoms. The number of fused-ring (bicyclic) bond motifs is 1. The predicted octanol–water partition coefficient (Wildman–Crippen LogP) is 4.61. The number of benzene rings is 1. The van der Waals surface area contributed by atoms with E-state index in [9.17, 15) is 4.79 Å². The van der Waals surface area contributed by atoms with E-state index in [2.05, 4.69) is 15.9 Å². The van der Waals surface area contributed by atoms with Crippen molar-refractivity contribution in [1.29, 1.82) is 0 Å². The molecule has 5 heteroatoms. The van der Waals surface area contributed by atoms with Gasteiger partial charge in [-0.3, -0.25) is 4.79 Å². The molecule has 1 aliphatic rings. The highest BCUT2D eigenvalue weighted by atomic mass is 79.9. The number of carbonyl (C=O) groups excluding carboxylic acids is 1. The maximum Gasteiger partial charge on any atom is 0.254 e. The summed E-state index contributed by atoms with van der Waals surface area (Å²) in [6, 6.07) is 5.52. The van der Waals surface area contributed by atoms with E-state index in [0.29, 0.717) is 21.6 Å². The van der Waals surface area contributed by atoms with Crippen LogP contribution in [0.25, 0.3) is 11.0 Å². The topological polar surface area (TPSA) is 42.7 Å². The van der Waals surface area contributed by atoms with Crippen LogP contribution in [-0.4, -0.2) is 30.0 Å². The second-order valence-corrected chi connectivity index (χ2v) is 6.74. The molecule has 1 amide bonds. The number of furan rings is 1. The molecule has 118 valence electrons. The average molecular weight is 366 g/mol. The molecule has 0 bridgehead atoms. The lowest BCUT2D eigenvalue weighted by atomic mass is 10.1. The molecule has 2 aromatic rings. The quantitative estimate of drug-likeness (QED) is 0.797. The van der Waals surface area contributed by atoms with Crippen molar-refractivity contribution in [2.75, 3.05) is 13.1 Å². The van der Waals surface area contributed by atoms with Gasteiger partial charge in [0, 0.05) is 24.7 Å². The van der Waals surface area contributed by atoms with Crippen molar-refractivity contribution in [3.63, 3.8) is 0 Å². The summed E-state index contributed by atoms with van der Waals surface area (Å²) < 4.78 is 12.1. The van der Waals surface area contributed by atoms with Crippen molar-refractivity contribution in [2.24, 2.45) is 0 Å². The molecular weight excluding hydrogens is 346 g/mol. The third-order valence-electron chi connectivity index (χ3n) is 3.82. The van der Waals surface area contributed by atoms with Gasteiger partial charge in [-0.05, 0) is 61.2 Å². The Morgan fingerprint density at radius 2 is 1.95 bits per heavy atom. The molecule has 1 aliphatic heterocycles. The summed E-state index contributed by atoms with van der Waals surface area (Å²) in [6.07, 6.45) is 3.40. The number of amides is 1. The smallest absolute Gasteiger partial charge is 0.254 e. The highest BCUT2D eigenvalue weighted by molar-refractivity contribution is 9.10. The van der Waals surface area contributed by atoms with Gasteiger partial charge in [0.05, 0.1) is 11.5 Å². The first kappa shape index (κ1) is 15.4. The molecule has 2 heterocycles. The lowest BCUT2D eigenvalue weighted by molar-refractivity contribution is 0.0723. The van der Waals surface area contributed by atoms with Crippen LogP contribution in [-0.2, 0) is 0 Å². The van der Waals surface area contributed by atoms with Gasteiger partial charge in [-0.2, -0.15) is 0 Å². The molecule has 0 radical (unpaired) electrons. The van der Waals surface area contributed by atoms with E-state index >= 15 is 0 Å². The highest BCUT2D eigenvalue weighted by Gasteiger charge is 2.21. The summed E-state index contributed by atoms with van der Waals surface area (Å²) in [6.45, 7) is 5.61. The number of halogens is 1. The summed E-state index contributed by atoms with van der Waals surface area (Å²) in [7, 11) is 0. The van der Waals surface area contributed by atoms with E-state index in [4.69, 9.17) is 9.15 Å². The SMILES string of the molecule is CC(C)Oc1cc(C(=O)N2CCCCC2)cc2oc(Br)cc12. The number of rotatable bonds is 3. The number of ether oxygens (including phenoxy) is 1. The molecule has 0 N–H and O–H groups in total. The third kappa shape index (κ3) is 3.14. The predicted molar refractivity (Wildman–Crippen MR) is 89.4 cm³/mol. The molecule has 3 rings (SSSR count). The Balaban J connectivity index is 1.99. The molecule has 0 atom stereocenters. The number of hydrogen-bond acceptors (Lipinski definition) is 3. The molecule has 4 nitrogen and oxygen atoms in total. The van der Waals surface area contributed by atoms with Crippen LogP contribution in [0.3, 0.4) is 0 Å². The summed E-state index contributed by atoms with van der Waals surface area (Å²) in [5.74, 6) is 0.755. The summed E-state index contributed by atoms with van der Waals surface area (Å²) in [4.78, 5) is 14.6. The summed E-state index contributed by atoms with van der Waals surface area (Å²) in [5, 5.41) is 0.885. The van der Waals surface area contributed by atoms with E-state index in [0.717, 1.165) is 31.3 Å². The van der Waals surface area contributed by atoms with Crippen LogP contribution >= 0.6 is 15.9 Å². The monoisotopic (exact) mass is 365 g/mol. The Kier molecular flexibility index (Phi) is 4.43. The van der Waals surface area contributed by atoms with Gasteiger partial charge in [-0.15, -0.1) is 0 Å². The Bertz CT molecular complexity index is 687. The first-order valence-corrected chi connectivity index (χ1v) is 8.53. The lowest BCUT2D eigenvalue weighted by Crippen LogP contribution is -2.35. The summed E-state index contributed by atoms with van der Waals surface area (Å²) in [5.41, 5.74) is 1.30. The molecule has 1 aromatic carbocycles. The van der Waals surface area contributed by atoms with E-state index < -0.39 is 0 Å². The molecular formula is C17H20BrNO3. The Hall–Kier alpha value is -1.49. The van der Waals surface area contributed by atoms with Crippen molar-refractivity contribution in [3.8, 4) is 5.75 Å². The van der Waals surface area contributed by atoms with Gasteiger partial charge in [0.15, 0.2) is 4.67 Å². The van der Waals surface area contributed by atoms with Gasteiger partial charge in [-0.25, -0.2) is 0 Å². The largest absolute Gasteiger partial charge is 0.490 e. The number of hydrogen-bond donors (Lipinski definition) is 0. The molecule has 1 saturated heterocycles. The maximum atomic E-state index is 12.7. The van der Waals surface area contributed by atoms with Crippen LogP contribution < -0.4 is 4.74 Å². The first-order valence-electron chi connectivity index (χ1n) is 7.73. The molecule has 0 aliphatic carbocycles. The van der Waals surface area contributed by atoms with Crippen molar-refractivity contribution in [3.05, 3.63) is 28.4 Å². The highest BCUT2D eigenvalue weighted by Crippen LogP contribution is 2.33. The number of piperidine rings is 1. The average Bonchev–Trinajstić information content (AvgIpc) is 2.87. The molecule has 1 fully saturated rings. The van der Waals surface area contributed by atoms with Crippen LogP contribution in [0.5, 0.6) is 5.75 Å². The maximum absolute atomic E-state index is 12.7. The summed E-state index contributed by atoms with van der Waals surface area (Å²) >= 11 is 3.35. The van der Waals surface area contributed by atoms with Gasteiger partial charge in [0.1, 0.15) is 11.3 Å². The van der Waals surface area contributed by atoms with E-state index in [1.54, 1.807) is 0 Å². The van der Waals surface area contributed by atoms with Crippen molar-refractivity contribution in [1.82, 2.24) is 4.90 Å². The van der Waals surface area contributed by atoms with E-state index in [1.165, 1.54) is 6.42 Å². The van der Waals surface area contributed by atoms with Crippen LogP contribution in [0, 0.1) is 0 Å². The van der Waals surface area contributed by atoms with Crippen molar-refractivity contribution < 1.29 is 13.9 Å². The third-order valence-corrected chi connectivity index (χ3v) is 4.21. The second-order valence-electron chi connectivity index (χ2n) is 5.96. The minimum absolute atomic E-state index is 0.0391. The van der Waals surface area contributed by atoms with Gasteiger partial charge < -0.3 is 14.1 Å². The molecule has 0 unspecified atom stereocenters. The zero-order chi connectivity index (χ0) is 15.7. The fraction of sp³-hybridized carbons (Fsp3) is 0.471. The normalized spacial score (nSPS) is 15.5. The molecule has 1 aromatic heterocycles. The zero-order valence-electron chi connectivity index (χ0n) is 12.9. The lowest BCUT2D eigenvalue weighted by Gasteiger charge is -2.27. The van der Waals surface area contributed by atoms with Crippen LogP contribution in [0.2, 0.25) is 0 Å². The van der Waals surface area contributed by atoms with E-state index in [-0.39, 0.29) is 12.0 Å². The fourth-order valence-electron chi connectivity index (χ4n) is 2.83. The van der Waals surface area contributed by atoms with Gasteiger partial charge in [0.2, 0.25) is 0 Å². The molecule has 0 spiro atoms. The second kappa shape index (κ2) is 6.32. The molecule has 0 saturated carbocycles. The van der Waals surface area contributed by atoms with E-state index in [1.807, 2.05) is 36.9 Å². The van der Waals surface area contributed by atoms with Gasteiger partial charge in [0.25, 0.3) is 5.91 Å². The minimum Gasteiger partial charge on any atom is -0.490 e. The van der Waals surface area contributed by atoms with Crippen molar-refractivity contribution >= 4 is 32.8 Å². The fourth-order valence-corrected chi connectivity index (χ4v) is 3.23. The minimum atomic E-state index is 0.0391. The van der Waals surface area contributed by atoms with Crippen molar-refractivity contribution in [2.45, 2.75) is 39.2 Å². The first-order chi connectivity index (χ1) is 10.5. The number of nitrogens with zero attached hydrogens (tertiary/aromatic N) is 1. The zero-order valence-corrected chi connectivity index (χ0v) is 14.5.